The molecule has 1 aliphatic heterocycles. The van der Waals surface area contributed by atoms with Gasteiger partial charge in [0.15, 0.2) is 5.82 Å². The molecule has 1 saturated carbocycles. The molecule has 24 heavy (non-hydrogen) atoms. The average molecular weight is 333 g/mol. The lowest BCUT2D eigenvalue weighted by Gasteiger charge is -2.20. The number of H-pyrrole nitrogens is 1. The molecule has 2 aromatic heterocycles. The highest BCUT2D eigenvalue weighted by Gasteiger charge is 2.40. The Kier molecular flexibility index (Phi) is 3.72. The van der Waals surface area contributed by atoms with E-state index in [0.717, 1.165) is 18.7 Å². The molecule has 128 valence electrons. The lowest BCUT2D eigenvalue weighted by Crippen LogP contribution is -2.32. The minimum atomic E-state index is -0.264. The summed E-state index contributed by atoms with van der Waals surface area (Å²) in [6.07, 6.45) is 2.86. The summed E-state index contributed by atoms with van der Waals surface area (Å²) < 4.78 is 15.5. The monoisotopic (exact) mass is 333 g/mol. The molecule has 1 saturated heterocycles. The number of likely N-dealkylation sites (tertiary alicyclic amines) is 1. The van der Waals surface area contributed by atoms with Crippen molar-refractivity contribution in [3.63, 3.8) is 0 Å². The van der Waals surface area contributed by atoms with E-state index in [0.29, 0.717) is 24.7 Å². The number of methoxy groups -OCH3 is 2. The van der Waals surface area contributed by atoms with Gasteiger partial charge in [0.1, 0.15) is 5.82 Å². The third-order valence-corrected chi connectivity index (χ3v) is 4.54. The molecule has 2 aromatic rings. The number of hydrogen-bond donors (Lipinski definition) is 1. The van der Waals surface area contributed by atoms with Gasteiger partial charge in [-0.2, -0.15) is 5.10 Å². The molecular weight excluding hydrogens is 314 g/mol. The van der Waals surface area contributed by atoms with E-state index in [4.69, 9.17) is 14.0 Å². The number of carbonyl (C=O) groups excluding carboxylic acids is 1. The van der Waals surface area contributed by atoms with Gasteiger partial charge in [0, 0.05) is 26.0 Å². The average Bonchev–Trinajstić information content (AvgIpc) is 3.07. The third-order valence-electron chi connectivity index (χ3n) is 4.54. The summed E-state index contributed by atoms with van der Waals surface area (Å²) in [6, 6.07) is 1.26. The summed E-state index contributed by atoms with van der Waals surface area (Å²) in [7, 11) is 3.11. The zero-order valence-electron chi connectivity index (χ0n) is 13.6. The van der Waals surface area contributed by atoms with Crippen molar-refractivity contribution < 1.29 is 18.8 Å². The van der Waals surface area contributed by atoms with E-state index in [9.17, 15) is 4.79 Å². The van der Waals surface area contributed by atoms with Gasteiger partial charge in [0.25, 0.3) is 11.8 Å². The molecule has 0 unspecified atom stereocenters. The van der Waals surface area contributed by atoms with Gasteiger partial charge in [-0.1, -0.05) is 0 Å². The molecule has 9 heteroatoms. The van der Waals surface area contributed by atoms with Crippen LogP contribution in [0.3, 0.4) is 0 Å². The first-order chi connectivity index (χ1) is 11.7. The quantitative estimate of drug-likeness (QED) is 0.878. The lowest BCUT2D eigenvalue weighted by molar-refractivity contribution is 0.0644. The Balaban J connectivity index is 1.59. The summed E-state index contributed by atoms with van der Waals surface area (Å²) in [6.45, 7) is 0.461. The maximum atomic E-state index is 12.8. The Hall–Kier alpha value is -2.42. The van der Waals surface area contributed by atoms with Crippen molar-refractivity contribution in [2.24, 2.45) is 0 Å². The summed E-state index contributed by atoms with van der Waals surface area (Å²) >= 11 is 0. The van der Waals surface area contributed by atoms with Crippen molar-refractivity contribution in [3.8, 4) is 5.88 Å². The molecular formula is C15H19N5O4. The number of carbonyl (C=O) groups is 1. The molecule has 0 bridgehead atoms. The predicted molar refractivity (Wildman–Crippen MR) is 80.6 cm³/mol. The summed E-state index contributed by atoms with van der Waals surface area (Å²) in [4.78, 5) is 19.1. The van der Waals surface area contributed by atoms with Crippen LogP contribution in [-0.2, 0) is 4.74 Å². The maximum Gasteiger partial charge on any atom is 0.293 e. The molecule has 4 rings (SSSR count). The summed E-state index contributed by atoms with van der Waals surface area (Å²) in [5.41, 5.74) is 0. The summed E-state index contributed by atoms with van der Waals surface area (Å²) in [5.74, 6) is 2.12. The number of aromatic nitrogens is 4. The standard InChI is InChI=1S/C15H19N5O4/c1-22-9-5-10(14-16-13(17-18-14)8-3-4-8)20(7-9)15(21)11-6-12(23-2)19-24-11/h6,8-10H,3-5,7H2,1-2H3,(H,16,17,18)/t9-,10+/m1/s1. The highest BCUT2D eigenvalue weighted by atomic mass is 16.5. The predicted octanol–water partition coefficient (Wildman–Crippen LogP) is 1.28. The van der Waals surface area contributed by atoms with E-state index >= 15 is 0 Å². The summed E-state index contributed by atoms with van der Waals surface area (Å²) in [5, 5.41) is 11.0. The number of aromatic amines is 1. The van der Waals surface area contributed by atoms with Crippen molar-refractivity contribution in [1.82, 2.24) is 25.2 Å². The van der Waals surface area contributed by atoms with Crippen LogP contribution in [0.2, 0.25) is 0 Å². The van der Waals surface area contributed by atoms with Crippen LogP contribution in [0.25, 0.3) is 0 Å². The second kappa shape index (κ2) is 5.90. The van der Waals surface area contributed by atoms with Crippen LogP contribution < -0.4 is 4.74 Å². The SMILES string of the molecule is COc1cc(C(=O)N2C[C@H](OC)C[C@H]2c2nc(C3CC3)n[nH]2)on1. The molecule has 1 aliphatic carbocycles. The Labute approximate surface area is 138 Å². The minimum Gasteiger partial charge on any atom is -0.479 e. The Morgan fingerprint density at radius 3 is 2.92 bits per heavy atom. The van der Waals surface area contributed by atoms with Gasteiger partial charge in [0.2, 0.25) is 5.76 Å². The molecule has 2 atom stereocenters. The third kappa shape index (κ3) is 2.64. The van der Waals surface area contributed by atoms with Crippen LogP contribution in [-0.4, -0.2) is 58.0 Å². The highest BCUT2D eigenvalue weighted by Crippen LogP contribution is 2.39. The van der Waals surface area contributed by atoms with Crippen LogP contribution in [0, 0.1) is 0 Å². The Bertz CT molecular complexity index is 738. The van der Waals surface area contributed by atoms with Gasteiger partial charge in [0.05, 0.1) is 25.3 Å². The van der Waals surface area contributed by atoms with E-state index in [1.807, 2.05) is 0 Å². The maximum absolute atomic E-state index is 12.8. The number of nitrogens with one attached hydrogen (secondary N) is 1. The fraction of sp³-hybridized carbons (Fsp3) is 0.600. The van der Waals surface area contributed by atoms with E-state index in [-0.39, 0.29) is 29.7 Å². The number of hydrogen-bond acceptors (Lipinski definition) is 7. The van der Waals surface area contributed by atoms with Crippen LogP contribution in [0.4, 0.5) is 0 Å². The molecule has 0 radical (unpaired) electrons. The molecule has 0 spiro atoms. The fourth-order valence-corrected chi connectivity index (χ4v) is 3.01. The first kappa shape index (κ1) is 15.1. The van der Waals surface area contributed by atoms with Crippen LogP contribution in [0.5, 0.6) is 5.88 Å². The highest BCUT2D eigenvalue weighted by molar-refractivity contribution is 5.92. The first-order valence-corrected chi connectivity index (χ1v) is 7.96. The van der Waals surface area contributed by atoms with Gasteiger partial charge in [-0.15, -0.1) is 0 Å². The van der Waals surface area contributed by atoms with Crippen LogP contribution in [0.1, 0.15) is 53.4 Å². The molecule has 3 heterocycles. The van der Waals surface area contributed by atoms with Crippen molar-refractivity contribution in [2.45, 2.75) is 37.3 Å². The lowest BCUT2D eigenvalue weighted by atomic mass is 10.2. The van der Waals surface area contributed by atoms with Crippen LogP contribution in [0.15, 0.2) is 10.6 Å². The second-order valence-electron chi connectivity index (χ2n) is 6.15. The van der Waals surface area contributed by atoms with E-state index < -0.39 is 0 Å². The number of nitrogens with zero attached hydrogens (tertiary/aromatic N) is 4. The molecule has 2 fully saturated rings. The smallest absolute Gasteiger partial charge is 0.293 e. The van der Waals surface area contributed by atoms with Gasteiger partial charge in [-0.25, -0.2) is 4.98 Å². The zero-order chi connectivity index (χ0) is 16.7. The van der Waals surface area contributed by atoms with Gasteiger partial charge < -0.3 is 18.9 Å². The van der Waals surface area contributed by atoms with Crippen molar-refractivity contribution in [3.05, 3.63) is 23.5 Å². The fourth-order valence-electron chi connectivity index (χ4n) is 3.01. The molecule has 2 aliphatic rings. The topological polar surface area (TPSA) is 106 Å². The van der Waals surface area contributed by atoms with Crippen molar-refractivity contribution >= 4 is 5.91 Å². The normalized spacial score (nSPS) is 23.7. The molecule has 1 amide bonds. The Morgan fingerprint density at radius 2 is 2.25 bits per heavy atom. The number of amides is 1. The molecule has 0 aromatic carbocycles. The molecule has 9 nitrogen and oxygen atoms in total. The zero-order valence-corrected chi connectivity index (χ0v) is 13.6. The largest absolute Gasteiger partial charge is 0.479 e. The van der Waals surface area contributed by atoms with Crippen LogP contribution >= 0.6 is 0 Å². The Morgan fingerprint density at radius 1 is 1.42 bits per heavy atom. The number of rotatable bonds is 5. The van der Waals surface area contributed by atoms with E-state index in [1.54, 1.807) is 12.0 Å². The van der Waals surface area contributed by atoms with Crippen molar-refractivity contribution in [2.75, 3.05) is 20.8 Å². The van der Waals surface area contributed by atoms with Gasteiger partial charge in [-0.05, 0) is 18.0 Å². The van der Waals surface area contributed by atoms with Gasteiger partial charge >= 0.3 is 0 Å². The number of ether oxygens (including phenoxy) is 2. The van der Waals surface area contributed by atoms with E-state index in [2.05, 4.69) is 20.3 Å². The first-order valence-electron chi connectivity index (χ1n) is 7.96. The minimum absolute atomic E-state index is 0.0572. The second-order valence-corrected chi connectivity index (χ2v) is 6.15. The van der Waals surface area contributed by atoms with Crippen molar-refractivity contribution in [1.29, 1.82) is 0 Å². The van der Waals surface area contributed by atoms with Gasteiger partial charge in [-0.3, -0.25) is 9.89 Å². The molecule has 1 N–H and O–H groups in total. The van der Waals surface area contributed by atoms with E-state index in [1.165, 1.54) is 13.2 Å².